The van der Waals surface area contributed by atoms with Crippen LogP contribution in [0.3, 0.4) is 0 Å². The Morgan fingerprint density at radius 2 is 1.87 bits per heavy atom. The van der Waals surface area contributed by atoms with Gasteiger partial charge in [-0.05, 0) is 32.3 Å². The van der Waals surface area contributed by atoms with Crippen LogP contribution in [0.15, 0.2) is 53.5 Å². The predicted molar refractivity (Wildman–Crippen MR) is 120 cm³/mol. The van der Waals surface area contributed by atoms with Gasteiger partial charge in [-0.1, -0.05) is 41.9 Å². The van der Waals surface area contributed by atoms with E-state index in [0.717, 1.165) is 23.4 Å². The molecule has 0 bridgehead atoms. The van der Waals surface area contributed by atoms with Crippen molar-refractivity contribution >= 4 is 27.4 Å². The van der Waals surface area contributed by atoms with Crippen molar-refractivity contribution < 1.29 is 13.0 Å². The van der Waals surface area contributed by atoms with Gasteiger partial charge in [0.2, 0.25) is 0 Å². The number of nitrogens with zero attached hydrogens (tertiary/aromatic N) is 5. The average molecular weight is 460 g/mol. The molecule has 4 rings (SSSR count). The second-order valence-electron chi connectivity index (χ2n) is 7.63. The van der Waals surface area contributed by atoms with Crippen molar-refractivity contribution in [2.24, 2.45) is 4.99 Å². The molecule has 1 unspecified atom stereocenters. The maximum Gasteiger partial charge on any atom is 0.267 e. The smallest absolute Gasteiger partial charge is 0.267 e. The van der Waals surface area contributed by atoms with Crippen LogP contribution in [0.5, 0.6) is 0 Å². The van der Waals surface area contributed by atoms with Crippen molar-refractivity contribution in [1.82, 2.24) is 19.7 Å². The van der Waals surface area contributed by atoms with Crippen molar-refractivity contribution in [2.45, 2.75) is 12.5 Å². The minimum absolute atomic E-state index is 0.362. The Labute approximate surface area is 186 Å². The lowest BCUT2D eigenvalue weighted by Gasteiger charge is -2.15. The summed E-state index contributed by atoms with van der Waals surface area (Å²) in [4.78, 5) is 6.78. The number of fused-ring (bicyclic) bond motifs is 3. The van der Waals surface area contributed by atoms with Gasteiger partial charge in [-0.25, -0.2) is 0 Å². The zero-order valence-corrected chi connectivity index (χ0v) is 18.7. The molecule has 0 spiro atoms. The Hall–Kier alpha value is -2.59. The van der Waals surface area contributed by atoms with Gasteiger partial charge in [0.1, 0.15) is 17.6 Å². The lowest BCUT2D eigenvalue weighted by molar-refractivity contribution is 0.408. The molecule has 1 atom stereocenters. The summed E-state index contributed by atoms with van der Waals surface area (Å²) in [5.41, 5.74) is 2.89. The maximum absolute atomic E-state index is 11.8. The van der Waals surface area contributed by atoms with Crippen molar-refractivity contribution in [1.29, 1.82) is 0 Å². The normalized spacial score (nSPS) is 15.9. The molecule has 2 heterocycles. The first-order valence-corrected chi connectivity index (χ1v) is 11.7. The van der Waals surface area contributed by atoms with Gasteiger partial charge in [0, 0.05) is 29.1 Å². The molecule has 0 saturated carbocycles. The van der Waals surface area contributed by atoms with Crippen molar-refractivity contribution in [3.8, 4) is 5.69 Å². The molecular formula is C21H22ClN5O3S. The van der Waals surface area contributed by atoms with Gasteiger partial charge in [0.05, 0.1) is 11.4 Å². The molecule has 0 amide bonds. The summed E-state index contributed by atoms with van der Waals surface area (Å²) in [6, 6.07) is 13.9. The lowest BCUT2D eigenvalue weighted by atomic mass is 10.0. The van der Waals surface area contributed by atoms with E-state index in [2.05, 4.69) is 10.2 Å². The monoisotopic (exact) mass is 459 g/mol. The predicted octanol–water partition coefficient (Wildman–Crippen LogP) is 2.80. The molecule has 1 aliphatic rings. The highest BCUT2D eigenvalue weighted by Crippen LogP contribution is 2.33. The molecule has 31 heavy (non-hydrogen) atoms. The lowest BCUT2D eigenvalue weighted by Crippen LogP contribution is -2.19. The summed E-state index contributed by atoms with van der Waals surface area (Å²) >= 11 is 6.33. The summed E-state index contributed by atoms with van der Waals surface area (Å²) in [6.45, 7) is 0.733. The van der Waals surface area contributed by atoms with Gasteiger partial charge in [-0.15, -0.1) is 10.2 Å². The molecule has 0 fully saturated rings. The van der Waals surface area contributed by atoms with E-state index in [1.165, 1.54) is 0 Å². The van der Waals surface area contributed by atoms with E-state index in [-0.39, 0.29) is 0 Å². The number of hydrogen-bond donors (Lipinski definition) is 1. The average Bonchev–Trinajstić information content (AvgIpc) is 3.08. The highest BCUT2D eigenvalue weighted by atomic mass is 35.5. The van der Waals surface area contributed by atoms with Crippen molar-refractivity contribution in [2.75, 3.05) is 26.4 Å². The molecule has 0 aliphatic carbocycles. The van der Waals surface area contributed by atoms with Gasteiger partial charge in [-0.2, -0.15) is 8.42 Å². The zero-order chi connectivity index (χ0) is 22.2. The van der Waals surface area contributed by atoms with Crippen LogP contribution in [0, 0.1) is 0 Å². The third-order valence-electron chi connectivity index (χ3n) is 4.99. The standard InChI is InChI=1S/C21H22ClN5O3S/c1-26(2)11-10-19-24-25-21-17(13-31(28,29)30)23-20(14-6-4-3-5-7-14)16-12-15(22)8-9-18(16)27(19)21/h3-9,12,17H,10-11,13H2,1-2H3,(H,28,29,30). The first-order chi connectivity index (χ1) is 14.7. The fraction of sp³-hybridized carbons (Fsp3) is 0.286. The van der Waals surface area contributed by atoms with Crippen LogP contribution >= 0.6 is 11.6 Å². The minimum atomic E-state index is -4.32. The van der Waals surface area contributed by atoms with Crippen LogP contribution in [-0.2, 0) is 16.5 Å². The SMILES string of the molecule is CN(C)CCc1nnc2n1-c1ccc(Cl)cc1C(c1ccccc1)=NC2CS(=O)(=O)O. The molecule has 0 radical (unpaired) electrons. The first-order valence-electron chi connectivity index (χ1n) is 9.70. The first kappa shape index (κ1) is 21.6. The van der Waals surface area contributed by atoms with Gasteiger partial charge in [0.25, 0.3) is 10.1 Å². The molecule has 1 aliphatic heterocycles. The van der Waals surface area contributed by atoms with Gasteiger partial charge in [-0.3, -0.25) is 14.1 Å². The van der Waals surface area contributed by atoms with Crippen molar-refractivity contribution in [3.05, 3.63) is 76.3 Å². The number of aliphatic imine (C=N–C) groups is 1. The molecule has 3 aromatic rings. The molecule has 1 N–H and O–H groups in total. The number of benzene rings is 2. The van der Waals surface area contributed by atoms with Gasteiger partial charge < -0.3 is 4.90 Å². The Bertz CT molecular complexity index is 1240. The topological polar surface area (TPSA) is 101 Å². The molecule has 162 valence electrons. The van der Waals surface area contributed by atoms with Crippen LogP contribution in [0.1, 0.15) is 28.8 Å². The Kier molecular flexibility index (Phi) is 5.94. The zero-order valence-electron chi connectivity index (χ0n) is 17.1. The van der Waals surface area contributed by atoms with Crippen LogP contribution in [-0.4, -0.2) is 64.7 Å². The molecule has 8 nitrogen and oxygen atoms in total. The third kappa shape index (κ3) is 4.69. The minimum Gasteiger partial charge on any atom is -0.309 e. The van der Waals surface area contributed by atoms with Crippen LogP contribution in [0.4, 0.5) is 0 Å². The highest BCUT2D eigenvalue weighted by Gasteiger charge is 2.31. The highest BCUT2D eigenvalue weighted by molar-refractivity contribution is 7.85. The summed E-state index contributed by atoms with van der Waals surface area (Å²) in [6.07, 6.45) is 0.599. The molecule has 10 heteroatoms. The number of halogens is 1. The van der Waals surface area contributed by atoms with E-state index in [1.807, 2.05) is 60.0 Å². The number of hydrogen-bond acceptors (Lipinski definition) is 6. The van der Waals surface area contributed by atoms with E-state index in [4.69, 9.17) is 16.6 Å². The number of rotatable bonds is 6. The third-order valence-corrected chi connectivity index (χ3v) is 5.96. The summed E-state index contributed by atoms with van der Waals surface area (Å²) < 4.78 is 35.1. The van der Waals surface area contributed by atoms with Crippen molar-refractivity contribution in [3.63, 3.8) is 0 Å². The van der Waals surface area contributed by atoms with E-state index >= 15 is 0 Å². The summed E-state index contributed by atoms with van der Waals surface area (Å²) in [5.74, 6) is 0.439. The number of aromatic nitrogens is 3. The second kappa shape index (κ2) is 8.51. The Morgan fingerprint density at radius 3 is 2.55 bits per heavy atom. The van der Waals surface area contributed by atoms with Crippen LogP contribution < -0.4 is 0 Å². The quantitative estimate of drug-likeness (QED) is 0.569. The van der Waals surface area contributed by atoms with E-state index < -0.39 is 21.9 Å². The Morgan fingerprint density at radius 1 is 1.13 bits per heavy atom. The van der Waals surface area contributed by atoms with E-state index in [0.29, 0.717) is 28.8 Å². The van der Waals surface area contributed by atoms with Crippen LogP contribution in [0.25, 0.3) is 5.69 Å². The number of likely N-dealkylation sites (N-methyl/N-ethyl adjacent to an activating group) is 1. The van der Waals surface area contributed by atoms with Gasteiger partial charge >= 0.3 is 0 Å². The molecule has 1 aromatic heterocycles. The largest absolute Gasteiger partial charge is 0.309 e. The van der Waals surface area contributed by atoms with Crippen LogP contribution in [0.2, 0.25) is 5.02 Å². The molecule has 0 saturated heterocycles. The molecule has 2 aromatic carbocycles. The maximum atomic E-state index is 11.8. The van der Waals surface area contributed by atoms with E-state index in [9.17, 15) is 13.0 Å². The van der Waals surface area contributed by atoms with E-state index in [1.54, 1.807) is 12.1 Å². The Balaban J connectivity index is 1.98. The fourth-order valence-electron chi connectivity index (χ4n) is 3.61. The van der Waals surface area contributed by atoms with Gasteiger partial charge in [0.15, 0.2) is 5.82 Å². The summed E-state index contributed by atoms with van der Waals surface area (Å²) in [7, 11) is -0.396. The summed E-state index contributed by atoms with van der Waals surface area (Å²) in [5, 5.41) is 9.13. The second-order valence-corrected chi connectivity index (χ2v) is 9.57. The molecular weight excluding hydrogens is 438 g/mol. The fourth-order valence-corrected chi connectivity index (χ4v) is 4.40.